The summed E-state index contributed by atoms with van der Waals surface area (Å²) in [7, 11) is 3.38. The Morgan fingerprint density at radius 1 is 1.19 bits per heavy atom. The molecule has 1 atom stereocenters. The molecule has 1 unspecified atom stereocenters. The summed E-state index contributed by atoms with van der Waals surface area (Å²) >= 11 is 1.58. The highest BCUT2D eigenvalue weighted by Crippen LogP contribution is 2.35. The van der Waals surface area contributed by atoms with Crippen LogP contribution in [0.5, 0.6) is 5.75 Å². The van der Waals surface area contributed by atoms with Crippen molar-refractivity contribution in [3.8, 4) is 16.3 Å². The maximum absolute atomic E-state index is 12.8. The molecule has 1 aromatic heterocycles. The second-order valence-corrected chi connectivity index (χ2v) is 7.18. The number of rotatable bonds is 3. The molecule has 4 rings (SSSR count). The van der Waals surface area contributed by atoms with E-state index in [0.717, 1.165) is 22.0 Å². The number of carbonyl (C=O) groups is 1. The molecule has 0 fully saturated rings. The van der Waals surface area contributed by atoms with E-state index in [0.29, 0.717) is 11.3 Å². The first-order valence-electron chi connectivity index (χ1n) is 8.31. The molecule has 1 amide bonds. The number of aryl methyl sites for hydroxylation is 1. The summed E-state index contributed by atoms with van der Waals surface area (Å²) in [5, 5.41) is 6.36. The summed E-state index contributed by atoms with van der Waals surface area (Å²) in [5.41, 5.74) is 4.54. The first-order chi connectivity index (χ1) is 12.6. The lowest BCUT2D eigenvalue weighted by atomic mass is 10.1. The minimum atomic E-state index is -0.293. The van der Waals surface area contributed by atoms with Gasteiger partial charge in [0.05, 0.1) is 18.4 Å². The summed E-state index contributed by atoms with van der Waals surface area (Å²) in [5.74, 6) is 0.619. The predicted molar refractivity (Wildman–Crippen MR) is 104 cm³/mol. The van der Waals surface area contributed by atoms with Crippen molar-refractivity contribution in [1.82, 2.24) is 9.88 Å². The maximum Gasteiger partial charge on any atom is 0.257 e. The van der Waals surface area contributed by atoms with Gasteiger partial charge in [-0.05, 0) is 25.1 Å². The first kappa shape index (κ1) is 16.6. The van der Waals surface area contributed by atoms with E-state index in [-0.39, 0.29) is 12.1 Å². The topological polar surface area (TPSA) is 54.5 Å². The zero-order chi connectivity index (χ0) is 18.3. The van der Waals surface area contributed by atoms with Crippen LogP contribution in [0.1, 0.15) is 27.8 Å². The third-order valence-corrected chi connectivity index (χ3v) is 5.47. The van der Waals surface area contributed by atoms with E-state index in [2.05, 4.69) is 36.5 Å². The average molecular weight is 365 g/mol. The van der Waals surface area contributed by atoms with Crippen LogP contribution in [0.3, 0.4) is 0 Å². The van der Waals surface area contributed by atoms with Crippen molar-refractivity contribution in [2.45, 2.75) is 13.1 Å². The number of nitrogens with one attached hydrogen (secondary N) is 1. The number of carbonyl (C=O) groups excluding carboxylic acids is 1. The van der Waals surface area contributed by atoms with E-state index < -0.39 is 0 Å². The second kappa shape index (κ2) is 6.46. The van der Waals surface area contributed by atoms with Crippen LogP contribution < -0.4 is 10.1 Å². The highest BCUT2D eigenvalue weighted by Gasteiger charge is 2.32. The summed E-state index contributed by atoms with van der Waals surface area (Å²) < 4.78 is 5.23. The van der Waals surface area contributed by atoms with Gasteiger partial charge in [0.15, 0.2) is 0 Å². The quantitative estimate of drug-likeness (QED) is 0.751. The van der Waals surface area contributed by atoms with Crippen molar-refractivity contribution >= 4 is 22.9 Å². The van der Waals surface area contributed by atoms with Gasteiger partial charge in [-0.25, -0.2) is 4.98 Å². The van der Waals surface area contributed by atoms with E-state index in [1.54, 1.807) is 36.5 Å². The molecule has 132 valence electrons. The van der Waals surface area contributed by atoms with E-state index in [9.17, 15) is 4.79 Å². The molecule has 1 aliphatic rings. The molecule has 2 aromatic carbocycles. The number of nitrogens with zero attached hydrogens (tertiary/aromatic N) is 2. The van der Waals surface area contributed by atoms with Crippen LogP contribution in [0.15, 0.2) is 47.8 Å². The van der Waals surface area contributed by atoms with Gasteiger partial charge < -0.3 is 15.0 Å². The van der Waals surface area contributed by atoms with Gasteiger partial charge in [-0.2, -0.15) is 0 Å². The number of hydrogen-bond acceptors (Lipinski definition) is 5. The fourth-order valence-electron chi connectivity index (χ4n) is 3.02. The molecule has 26 heavy (non-hydrogen) atoms. The molecule has 0 aliphatic carbocycles. The van der Waals surface area contributed by atoms with E-state index in [1.807, 2.05) is 17.5 Å². The van der Waals surface area contributed by atoms with E-state index in [4.69, 9.17) is 9.72 Å². The minimum absolute atomic E-state index is 0.0486. The second-order valence-electron chi connectivity index (χ2n) is 6.32. The van der Waals surface area contributed by atoms with Gasteiger partial charge in [-0.1, -0.05) is 29.8 Å². The zero-order valence-electron chi connectivity index (χ0n) is 14.8. The Kier molecular flexibility index (Phi) is 4.12. The van der Waals surface area contributed by atoms with Gasteiger partial charge in [0.1, 0.15) is 16.9 Å². The lowest BCUT2D eigenvalue weighted by Crippen LogP contribution is -2.40. The number of methoxy groups -OCH3 is 1. The highest BCUT2D eigenvalue weighted by atomic mass is 32.1. The number of benzene rings is 2. The molecular formula is C20H19N3O2S. The molecule has 3 aromatic rings. The van der Waals surface area contributed by atoms with Crippen LogP contribution in [0.4, 0.5) is 5.69 Å². The van der Waals surface area contributed by atoms with Crippen molar-refractivity contribution in [2.24, 2.45) is 0 Å². The molecule has 5 nitrogen and oxygen atoms in total. The number of hydrogen-bond donors (Lipinski definition) is 1. The number of aromatic nitrogens is 1. The third kappa shape index (κ3) is 2.82. The van der Waals surface area contributed by atoms with Gasteiger partial charge in [-0.3, -0.25) is 4.79 Å². The Hall–Kier alpha value is -2.86. The Bertz CT molecular complexity index is 965. The van der Waals surface area contributed by atoms with Crippen LogP contribution >= 0.6 is 11.3 Å². The molecule has 6 heteroatoms. The first-order valence-corrected chi connectivity index (χ1v) is 9.19. The molecule has 0 bridgehead atoms. The average Bonchev–Trinajstić information content (AvgIpc) is 3.15. The summed E-state index contributed by atoms with van der Waals surface area (Å²) in [6.45, 7) is 2.07. The Labute approximate surface area is 156 Å². The van der Waals surface area contributed by atoms with E-state index in [1.165, 1.54) is 5.56 Å². The molecule has 0 saturated carbocycles. The maximum atomic E-state index is 12.8. The fraction of sp³-hybridized carbons (Fsp3) is 0.200. The highest BCUT2D eigenvalue weighted by molar-refractivity contribution is 7.13. The zero-order valence-corrected chi connectivity index (χ0v) is 15.6. The standard InChI is InChI=1S/C20H19N3O2S/c1-12-4-6-13(7-5-12)19-22-17(11-26-19)18-21-16-9-8-14(25-3)10-15(16)20(24)23(18)2/h4-11,18,21H,1-3H3. The monoisotopic (exact) mass is 365 g/mol. The minimum Gasteiger partial charge on any atom is -0.497 e. The number of anilines is 1. The summed E-state index contributed by atoms with van der Waals surface area (Å²) in [6, 6.07) is 13.8. The van der Waals surface area contributed by atoms with Gasteiger partial charge >= 0.3 is 0 Å². The van der Waals surface area contributed by atoms with Crippen LogP contribution in [0.25, 0.3) is 10.6 Å². The van der Waals surface area contributed by atoms with Crippen LogP contribution in [-0.2, 0) is 0 Å². The van der Waals surface area contributed by atoms with Crippen LogP contribution in [-0.4, -0.2) is 29.9 Å². The van der Waals surface area contributed by atoms with Gasteiger partial charge in [-0.15, -0.1) is 11.3 Å². The molecule has 0 spiro atoms. The molecule has 1 aliphatic heterocycles. The third-order valence-electron chi connectivity index (χ3n) is 4.56. The van der Waals surface area contributed by atoms with Crippen LogP contribution in [0.2, 0.25) is 0 Å². The van der Waals surface area contributed by atoms with Crippen molar-refractivity contribution < 1.29 is 9.53 Å². The van der Waals surface area contributed by atoms with Crippen molar-refractivity contribution in [1.29, 1.82) is 0 Å². The number of amides is 1. The fourth-order valence-corrected chi connectivity index (χ4v) is 3.86. The van der Waals surface area contributed by atoms with Crippen LogP contribution in [0, 0.1) is 6.92 Å². The van der Waals surface area contributed by atoms with Gasteiger partial charge in [0.2, 0.25) is 0 Å². The molecule has 2 heterocycles. The SMILES string of the molecule is COc1ccc2c(c1)C(=O)N(C)C(c1csc(-c3ccc(C)cc3)n1)N2. The Morgan fingerprint density at radius 2 is 1.96 bits per heavy atom. The molecule has 1 N–H and O–H groups in total. The molecule has 0 radical (unpaired) electrons. The Morgan fingerprint density at radius 3 is 2.69 bits per heavy atom. The smallest absolute Gasteiger partial charge is 0.257 e. The number of thiazole rings is 1. The Balaban J connectivity index is 1.66. The normalized spacial score (nSPS) is 16.2. The van der Waals surface area contributed by atoms with Crippen molar-refractivity contribution in [3.05, 3.63) is 64.7 Å². The summed E-state index contributed by atoms with van der Waals surface area (Å²) in [6.07, 6.45) is -0.293. The number of ether oxygens (including phenoxy) is 1. The van der Waals surface area contributed by atoms with Crippen molar-refractivity contribution in [3.63, 3.8) is 0 Å². The number of fused-ring (bicyclic) bond motifs is 1. The lowest BCUT2D eigenvalue weighted by Gasteiger charge is -2.34. The van der Waals surface area contributed by atoms with Gasteiger partial charge in [0.25, 0.3) is 5.91 Å². The lowest BCUT2D eigenvalue weighted by molar-refractivity contribution is 0.0732. The predicted octanol–water partition coefficient (Wildman–Crippen LogP) is 4.32. The molecular weight excluding hydrogens is 346 g/mol. The van der Waals surface area contributed by atoms with E-state index >= 15 is 0 Å². The summed E-state index contributed by atoms with van der Waals surface area (Å²) in [4.78, 5) is 19.2. The van der Waals surface area contributed by atoms with Crippen molar-refractivity contribution in [2.75, 3.05) is 19.5 Å². The van der Waals surface area contributed by atoms with Gasteiger partial charge in [0, 0.05) is 23.7 Å². The molecule has 0 saturated heterocycles. The largest absolute Gasteiger partial charge is 0.497 e.